The molecule has 2 aromatic carbocycles. The summed E-state index contributed by atoms with van der Waals surface area (Å²) in [5, 5.41) is 0. The standard InChI is InChI=1S/C28H32N4O4/c1-34-21-11-9-20(10-12-21)17-26(33)32-16-13-25-24(19-32)27(36-23-8-6-7-22(18-23)35-2)30-28(29-25)31-14-4-3-5-15-31/h6-12,18H,3-5,13-17,19H2,1-2H3. The van der Waals surface area contributed by atoms with Crippen LogP contribution in [0.1, 0.15) is 36.1 Å². The second-order valence-electron chi connectivity index (χ2n) is 9.17. The lowest BCUT2D eigenvalue weighted by atomic mass is 10.0. The third-order valence-corrected chi connectivity index (χ3v) is 6.77. The van der Waals surface area contributed by atoms with Gasteiger partial charge in [-0.25, -0.2) is 4.98 Å². The summed E-state index contributed by atoms with van der Waals surface area (Å²) in [5.41, 5.74) is 2.78. The van der Waals surface area contributed by atoms with E-state index in [9.17, 15) is 4.79 Å². The maximum Gasteiger partial charge on any atom is 0.229 e. The van der Waals surface area contributed by atoms with E-state index < -0.39 is 0 Å². The molecule has 2 aliphatic rings. The summed E-state index contributed by atoms with van der Waals surface area (Å²) in [6.07, 6.45) is 4.51. The molecule has 188 valence electrons. The van der Waals surface area contributed by atoms with Gasteiger partial charge in [0, 0.05) is 32.1 Å². The van der Waals surface area contributed by atoms with Crippen molar-refractivity contribution in [2.45, 2.75) is 38.6 Å². The summed E-state index contributed by atoms with van der Waals surface area (Å²) in [5.74, 6) is 3.42. The molecule has 3 aromatic rings. The molecular formula is C28H32N4O4. The zero-order valence-electron chi connectivity index (χ0n) is 20.9. The fourth-order valence-electron chi connectivity index (χ4n) is 4.71. The zero-order chi connectivity index (χ0) is 24.9. The van der Waals surface area contributed by atoms with E-state index in [1.165, 1.54) is 6.42 Å². The quantitative estimate of drug-likeness (QED) is 0.488. The van der Waals surface area contributed by atoms with Crippen molar-refractivity contribution < 1.29 is 19.0 Å². The lowest BCUT2D eigenvalue weighted by molar-refractivity contribution is -0.131. The maximum atomic E-state index is 13.2. The Labute approximate surface area is 211 Å². The molecule has 8 heteroatoms. The van der Waals surface area contributed by atoms with E-state index in [1.807, 2.05) is 53.4 Å². The van der Waals surface area contributed by atoms with Crippen LogP contribution >= 0.6 is 0 Å². The van der Waals surface area contributed by atoms with Gasteiger partial charge in [-0.2, -0.15) is 4.98 Å². The first-order valence-corrected chi connectivity index (χ1v) is 12.5. The minimum atomic E-state index is 0.0678. The Morgan fingerprint density at radius 2 is 1.64 bits per heavy atom. The van der Waals surface area contributed by atoms with E-state index in [0.29, 0.717) is 49.3 Å². The normalized spacial score (nSPS) is 15.3. The molecule has 0 aliphatic carbocycles. The molecule has 0 atom stereocenters. The number of anilines is 1. The Morgan fingerprint density at radius 3 is 2.39 bits per heavy atom. The van der Waals surface area contributed by atoms with Crippen LogP contribution in [-0.4, -0.2) is 54.6 Å². The molecule has 0 unspecified atom stereocenters. The lowest BCUT2D eigenvalue weighted by Gasteiger charge is -2.32. The zero-order valence-corrected chi connectivity index (χ0v) is 20.9. The monoisotopic (exact) mass is 488 g/mol. The molecule has 5 rings (SSSR count). The van der Waals surface area contributed by atoms with Gasteiger partial charge >= 0.3 is 0 Å². The van der Waals surface area contributed by atoms with Crippen LogP contribution in [0.2, 0.25) is 0 Å². The highest BCUT2D eigenvalue weighted by atomic mass is 16.5. The van der Waals surface area contributed by atoms with Gasteiger partial charge in [-0.3, -0.25) is 4.79 Å². The highest BCUT2D eigenvalue weighted by Gasteiger charge is 2.28. The minimum absolute atomic E-state index is 0.0678. The van der Waals surface area contributed by atoms with Gasteiger partial charge in [-0.15, -0.1) is 0 Å². The first kappa shape index (κ1) is 23.9. The molecule has 1 aromatic heterocycles. The number of piperidine rings is 1. The summed E-state index contributed by atoms with van der Waals surface area (Å²) in [6, 6.07) is 15.1. The topological polar surface area (TPSA) is 77.0 Å². The van der Waals surface area contributed by atoms with Crippen LogP contribution in [0.4, 0.5) is 5.95 Å². The van der Waals surface area contributed by atoms with Crippen LogP contribution in [0, 0.1) is 0 Å². The first-order valence-electron chi connectivity index (χ1n) is 12.5. The first-order chi connectivity index (χ1) is 17.6. The van der Waals surface area contributed by atoms with E-state index in [-0.39, 0.29) is 5.91 Å². The number of rotatable bonds is 7. The predicted molar refractivity (Wildman–Crippen MR) is 137 cm³/mol. The van der Waals surface area contributed by atoms with E-state index in [2.05, 4.69) is 4.90 Å². The second-order valence-corrected chi connectivity index (χ2v) is 9.17. The number of aromatic nitrogens is 2. The van der Waals surface area contributed by atoms with Crippen LogP contribution in [0.25, 0.3) is 0 Å². The van der Waals surface area contributed by atoms with E-state index >= 15 is 0 Å². The van der Waals surface area contributed by atoms with E-state index in [0.717, 1.165) is 48.5 Å². The number of benzene rings is 2. The fraction of sp³-hybridized carbons (Fsp3) is 0.393. The Hall–Kier alpha value is -3.81. The third-order valence-electron chi connectivity index (χ3n) is 6.77. The average molecular weight is 489 g/mol. The molecule has 1 fully saturated rings. The molecule has 3 heterocycles. The van der Waals surface area contributed by atoms with Crippen molar-refractivity contribution in [3.05, 3.63) is 65.4 Å². The maximum absolute atomic E-state index is 13.2. The summed E-state index contributed by atoms with van der Waals surface area (Å²) in [4.78, 5) is 27.1. The molecule has 1 amide bonds. The Morgan fingerprint density at radius 1 is 0.889 bits per heavy atom. The van der Waals surface area contributed by atoms with Gasteiger partial charge in [0.25, 0.3) is 0 Å². The second kappa shape index (κ2) is 10.8. The average Bonchev–Trinajstić information content (AvgIpc) is 2.93. The van der Waals surface area contributed by atoms with Gasteiger partial charge in [0.05, 0.1) is 38.4 Å². The highest BCUT2D eigenvalue weighted by molar-refractivity contribution is 5.79. The van der Waals surface area contributed by atoms with Crippen LogP contribution in [0.3, 0.4) is 0 Å². The Balaban J connectivity index is 1.41. The molecule has 0 spiro atoms. The molecule has 36 heavy (non-hydrogen) atoms. The number of hydrogen-bond donors (Lipinski definition) is 0. The molecule has 8 nitrogen and oxygen atoms in total. The molecule has 0 N–H and O–H groups in total. The number of fused-ring (bicyclic) bond motifs is 1. The minimum Gasteiger partial charge on any atom is -0.497 e. The molecule has 0 saturated carbocycles. The Kier molecular flexibility index (Phi) is 7.21. The molecular weight excluding hydrogens is 456 g/mol. The van der Waals surface area contributed by atoms with Crippen molar-refractivity contribution in [2.24, 2.45) is 0 Å². The van der Waals surface area contributed by atoms with Crippen molar-refractivity contribution in [3.8, 4) is 23.1 Å². The lowest BCUT2D eigenvalue weighted by Crippen LogP contribution is -2.38. The van der Waals surface area contributed by atoms with E-state index in [1.54, 1.807) is 14.2 Å². The summed E-state index contributed by atoms with van der Waals surface area (Å²) >= 11 is 0. The van der Waals surface area contributed by atoms with Crippen molar-refractivity contribution in [2.75, 3.05) is 38.8 Å². The van der Waals surface area contributed by atoms with Gasteiger partial charge in [0.2, 0.25) is 17.7 Å². The van der Waals surface area contributed by atoms with E-state index in [4.69, 9.17) is 24.2 Å². The number of methoxy groups -OCH3 is 2. The summed E-state index contributed by atoms with van der Waals surface area (Å²) in [6.45, 7) is 2.94. The molecule has 0 radical (unpaired) electrons. The predicted octanol–water partition coefficient (Wildman–Crippen LogP) is 4.40. The van der Waals surface area contributed by atoms with Gasteiger partial charge in [0.15, 0.2) is 0 Å². The van der Waals surface area contributed by atoms with Crippen molar-refractivity contribution in [1.29, 1.82) is 0 Å². The van der Waals surface area contributed by atoms with Crippen LogP contribution < -0.4 is 19.1 Å². The van der Waals surface area contributed by atoms with Crippen LogP contribution in [-0.2, 0) is 24.2 Å². The summed E-state index contributed by atoms with van der Waals surface area (Å²) in [7, 11) is 3.27. The third kappa shape index (κ3) is 5.37. The number of ether oxygens (including phenoxy) is 3. The number of amides is 1. The smallest absolute Gasteiger partial charge is 0.229 e. The van der Waals surface area contributed by atoms with Crippen molar-refractivity contribution in [3.63, 3.8) is 0 Å². The van der Waals surface area contributed by atoms with Crippen molar-refractivity contribution in [1.82, 2.24) is 14.9 Å². The number of carbonyl (C=O) groups excluding carboxylic acids is 1. The number of nitrogens with zero attached hydrogens (tertiary/aromatic N) is 4. The number of carbonyl (C=O) groups is 1. The SMILES string of the molecule is COc1ccc(CC(=O)N2CCc3nc(N4CCCCC4)nc(Oc4cccc(OC)c4)c3C2)cc1. The molecule has 0 bridgehead atoms. The Bertz CT molecular complexity index is 1210. The highest BCUT2D eigenvalue weighted by Crippen LogP contribution is 2.33. The van der Waals surface area contributed by atoms with Crippen LogP contribution in [0.5, 0.6) is 23.1 Å². The number of hydrogen-bond acceptors (Lipinski definition) is 7. The largest absolute Gasteiger partial charge is 0.497 e. The van der Waals surface area contributed by atoms with Crippen LogP contribution in [0.15, 0.2) is 48.5 Å². The fourth-order valence-corrected chi connectivity index (χ4v) is 4.71. The molecule has 1 saturated heterocycles. The van der Waals surface area contributed by atoms with Crippen molar-refractivity contribution >= 4 is 11.9 Å². The van der Waals surface area contributed by atoms with Gasteiger partial charge < -0.3 is 24.0 Å². The van der Waals surface area contributed by atoms with Gasteiger partial charge in [-0.1, -0.05) is 18.2 Å². The van der Waals surface area contributed by atoms with Gasteiger partial charge in [-0.05, 0) is 49.1 Å². The summed E-state index contributed by atoms with van der Waals surface area (Å²) < 4.78 is 16.9. The van der Waals surface area contributed by atoms with Gasteiger partial charge in [0.1, 0.15) is 17.2 Å². The molecule has 2 aliphatic heterocycles.